The van der Waals surface area contributed by atoms with Crippen LogP contribution in [0, 0.1) is 0 Å². The van der Waals surface area contributed by atoms with Crippen LogP contribution in [0.2, 0.25) is 0 Å². The van der Waals surface area contributed by atoms with E-state index in [1.54, 1.807) is 7.11 Å². The molecule has 1 aromatic heterocycles. The van der Waals surface area contributed by atoms with E-state index in [4.69, 9.17) is 20.4 Å². The summed E-state index contributed by atoms with van der Waals surface area (Å²) >= 11 is 0. The first-order valence-corrected chi connectivity index (χ1v) is 7.20. The van der Waals surface area contributed by atoms with E-state index in [0.29, 0.717) is 6.54 Å². The predicted octanol–water partition coefficient (Wildman–Crippen LogP) is 2.37. The van der Waals surface area contributed by atoms with Gasteiger partial charge in [-0.2, -0.15) is 0 Å². The molecule has 1 rings (SSSR count). The van der Waals surface area contributed by atoms with Crippen LogP contribution in [0.3, 0.4) is 0 Å². The van der Waals surface area contributed by atoms with Crippen LogP contribution in [-0.4, -0.2) is 23.6 Å². The molecule has 0 saturated heterocycles. The first-order chi connectivity index (χ1) is 9.06. The topological polar surface area (TPSA) is 61.0 Å². The van der Waals surface area contributed by atoms with Crippen molar-refractivity contribution in [2.75, 3.05) is 13.7 Å². The Morgan fingerprint density at radius 3 is 1.95 bits per heavy atom. The summed E-state index contributed by atoms with van der Waals surface area (Å²) in [6, 6.07) is 0. The van der Waals surface area contributed by atoms with Crippen molar-refractivity contribution >= 4 is 0 Å². The normalized spacial score (nSPS) is 14.4. The van der Waals surface area contributed by atoms with Gasteiger partial charge < -0.3 is 10.5 Å². The van der Waals surface area contributed by atoms with Crippen molar-refractivity contribution in [3.8, 4) is 0 Å². The van der Waals surface area contributed by atoms with E-state index in [9.17, 15) is 0 Å². The monoisotopic (exact) mass is 265 g/mol. The lowest BCUT2D eigenvalue weighted by molar-refractivity contribution is -0.00935. The molecule has 0 bridgehead atoms. The molecule has 0 aliphatic heterocycles. The molecule has 0 radical (unpaired) electrons. The number of nitrogens with two attached hydrogens (primary N) is 1. The second-order valence-corrected chi connectivity index (χ2v) is 4.95. The van der Waals surface area contributed by atoms with Gasteiger partial charge in [0.2, 0.25) is 0 Å². The lowest BCUT2D eigenvalue weighted by atomic mass is 9.99. The Labute approximate surface area is 116 Å². The van der Waals surface area contributed by atoms with Crippen molar-refractivity contribution in [3.63, 3.8) is 0 Å². The van der Waals surface area contributed by atoms with E-state index < -0.39 is 5.60 Å². The molecule has 0 amide bonds. The third-order valence-corrected chi connectivity index (χ3v) is 3.84. The Hall–Kier alpha value is -1.00. The third-order valence-electron chi connectivity index (χ3n) is 3.84. The fourth-order valence-electron chi connectivity index (χ4n) is 2.23. The summed E-state index contributed by atoms with van der Waals surface area (Å²) in [4.78, 5) is 9.48. The van der Waals surface area contributed by atoms with Gasteiger partial charge in [0.15, 0.2) is 5.82 Å². The standard InChI is InChI=1S/C15H27N3O/c1-6-12-11(9-10-16)13(7-2)18-14(17-12)15(4,8-3)19-5/h6-10,16H2,1-5H3. The molecule has 0 spiro atoms. The molecule has 4 heteroatoms. The van der Waals surface area contributed by atoms with Crippen molar-refractivity contribution in [1.82, 2.24) is 9.97 Å². The Kier molecular flexibility index (Phi) is 5.88. The van der Waals surface area contributed by atoms with Gasteiger partial charge in [-0.15, -0.1) is 0 Å². The van der Waals surface area contributed by atoms with Crippen molar-refractivity contribution in [2.45, 2.75) is 59.0 Å². The summed E-state index contributed by atoms with van der Waals surface area (Å²) in [5.74, 6) is 0.798. The van der Waals surface area contributed by atoms with Crippen LogP contribution in [0.4, 0.5) is 0 Å². The maximum Gasteiger partial charge on any atom is 0.160 e. The van der Waals surface area contributed by atoms with Crippen molar-refractivity contribution < 1.29 is 4.74 Å². The molecule has 108 valence electrons. The molecule has 0 aliphatic rings. The van der Waals surface area contributed by atoms with E-state index in [2.05, 4.69) is 20.8 Å². The van der Waals surface area contributed by atoms with Crippen LogP contribution >= 0.6 is 0 Å². The third kappa shape index (κ3) is 3.31. The average molecular weight is 265 g/mol. The first-order valence-electron chi connectivity index (χ1n) is 7.20. The van der Waals surface area contributed by atoms with Crippen LogP contribution in [0.25, 0.3) is 0 Å². The highest BCUT2D eigenvalue weighted by Gasteiger charge is 2.29. The van der Waals surface area contributed by atoms with Crippen LogP contribution < -0.4 is 5.73 Å². The van der Waals surface area contributed by atoms with E-state index in [1.165, 1.54) is 5.56 Å². The van der Waals surface area contributed by atoms with Crippen molar-refractivity contribution in [3.05, 3.63) is 22.8 Å². The maximum atomic E-state index is 5.70. The summed E-state index contributed by atoms with van der Waals surface area (Å²) in [6.07, 6.45) is 3.51. The molecule has 0 saturated carbocycles. The largest absolute Gasteiger partial charge is 0.371 e. The predicted molar refractivity (Wildman–Crippen MR) is 78.2 cm³/mol. The van der Waals surface area contributed by atoms with Gasteiger partial charge in [0.05, 0.1) is 0 Å². The van der Waals surface area contributed by atoms with E-state index in [0.717, 1.165) is 42.9 Å². The number of methoxy groups -OCH3 is 1. The number of aryl methyl sites for hydroxylation is 2. The van der Waals surface area contributed by atoms with Gasteiger partial charge >= 0.3 is 0 Å². The highest BCUT2D eigenvalue weighted by Crippen LogP contribution is 2.27. The maximum absolute atomic E-state index is 5.70. The summed E-state index contributed by atoms with van der Waals surface area (Å²) in [5.41, 5.74) is 8.75. The second-order valence-electron chi connectivity index (χ2n) is 4.95. The minimum Gasteiger partial charge on any atom is -0.371 e. The molecule has 1 heterocycles. The number of hydrogen-bond donors (Lipinski definition) is 1. The minimum absolute atomic E-state index is 0.408. The molecule has 0 aromatic carbocycles. The molecule has 4 nitrogen and oxygen atoms in total. The van der Waals surface area contributed by atoms with Gasteiger partial charge in [0.1, 0.15) is 5.60 Å². The number of aromatic nitrogens is 2. The van der Waals surface area contributed by atoms with Crippen LogP contribution in [0.5, 0.6) is 0 Å². The molecular formula is C15H27N3O. The van der Waals surface area contributed by atoms with E-state index in [-0.39, 0.29) is 0 Å². The smallest absolute Gasteiger partial charge is 0.160 e. The molecule has 1 unspecified atom stereocenters. The number of rotatable bonds is 7. The van der Waals surface area contributed by atoms with Crippen LogP contribution in [0.15, 0.2) is 0 Å². The zero-order chi connectivity index (χ0) is 14.5. The van der Waals surface area contributed by atoms with Crippen molar-refractivity contribution in [2.24, 2.45) is 5.73 Å². The molecule has 1 aromatic rings. The van der Waals surface area contributed by atoms with Crippen molar-refractivity contribution in [1.29, 1.82) is 0 Å². The Morgan fingerprint density at radius 2 is 1.63 bits per heavy atom. The fourth-order valence-corrected chi connectivity index (χ4v) is 2.23. The molecule has 0 fully saturated rings. The zero-order valence-electron chi connectivity index (χ0n) is 12.9. The van der Waals surface area contributed by atoms with Gasteiger partial charge in [0.25, 0.3) is 0 Å². The SMILES string of the molecule is CCc1nc(C(C)(CC)OC)nc(CC)c1CCN. The Morgan fingerprint density at radius 1 is 1.11 bits per heavy atom. The van der Waals surface area contributed by atoms with Gasteiger partial charge in [-0.25, -0.2) is 9.97 Å². The van der Waals surface area contributed by atoms with E-state index in [1.807, 2.05) is 6.92 Å². The number of nitrogens with zero attached hydrogens (tertiary/aromatic N) is 2. The highest BCUT2D eigenvalue weighted by atomic mass is 16.5. The molecule has 1 atom stereocenters. The molecule has 0 aliphatic carbocycles. The first kappa shape index (κ1) is 16.1. The van der Waals surface area contributed by atoms with Crippen LogP contribution in [-0.2, 0) is 29.6 Å². The highest BCUT2D eigenvalue weighted by molar-refractivity contribution is 5.28. The van der Waals surface area contributed by atoms with Gasteiger partial charge in [-0.05, 0) is 44.7 Å². The fraction of sp³-hybridized carbons (Fsp3) is 0.733. The zero-order valence-corrected chi connectivity index (χ0v) is 12.9. The van der Waals surface area contributed by atoms with Gasteiger partial charge in [-0.3, -0.25) is 0 Å². The Balaban J connectivity index is 3.37. The second kappa shape index (κ2) is 6.96. The van der Waals surface area contributed by atoms with Gasteiger partial charge in [0, 0.05) is 18.5 Å². The summed E-state index contributed by atoms with van der Waals surface area (Å²) < 4.78 is 5.62. The van der Waals surface area contributed by atoms with Gasteiger partial charge in [-0.1, -0.05) is 20.8 Å². The number of hydrogen-bond acceptors (Lipinski definition) is 4. The molecular weight excluding hydrogens is 238 g/mol. The lowest BCUT2D eigenvalue weighted by Crippen LogP contribution is -2.28. The summed E-state index contributed by atoms with van der Waals surface area (Å²) in [7, 11) is 1.72. The van der Waals surface area contributed by atoms with E-state index >= 15 is 0 Å². The molecule has 2 N–H and O–H groups in total. The quantitative estimate of drug-likeness (QED) is 0.822. The minimum atomic E-state index is -0.408. The average Bonchev–Trinajstić information content (AvgIpc) is 2.46. The summed E-state index contributed by atoms with van der Waals surface area (Å²) in [6.45, 7) is 9.03. The number of ether oxygens (including phenoxy) is 1. The lowest BCUT2D eigenvalue weighted by Gasteiger charge is -2.26. The van der Waals surface area contributed by atoms with Crippen LogP contribution in [0.1, 0.15) is 56.9 Å². The molecule has 19 heavy (non-hydrogen) atoms. The Bertz CT molecular complexity index is 389. The summed E-state index contributed by atoms with van der Waals surface area (Å²) in [5, 5.41) is 0.